The smallest absolute Gasteiger partial charge is 0.191 e. The Morgan fingerprint density at radius 3 is 2.80 bits per heavy atom. The van der Waals surface area contributed by atoms with Gasteiger partial charge >= 0.3 is 0 Å². The molecule has 1 aromatic carbocycles. The van der Waals surface area contributed by atoms with Crippen LogP contribution in [0.25, 0.3) is 5.69 Å². The van der Waals surface area contributed by atoms with Crippen molar-refractivity contribution in [1.29, 1.82) is 0 Å². The predicted molar refractivity (Wildman–Crippen MR) is 131 cm³/mol. The lowest BCUT2D eigenvalue weighted by molar-refractivity contribution is 0.0203. The summed E-state index contributed by atoms with van der Waals surface area (Å²) in [5.74, 6) is 1.48. The molecule has 0 amide bonds. The molecule has 0 radical (unpaired) electrons. The van der Waals surface area contributed by atoms with E-state index in [-0.39, 0.29) is 24.0 Å². The average Bonchev–Trinajstić information content (AvgIpc) is 3.25. The van der Waals surface area contributed by atoms with E-state index < -0.39 is 0 Å². The van der Waals surface area contributed by atoms with Crippen molar-refractivity contribution in [3.8, 4) is 5.69 Å². The van der Waals surface area contributed by atoms with E-state index in [1.165, 1.54) is 0 Å². The van der Waals surface area contributed by atoms with Gasteiger partial charge in [0.2, 0.25) is 0 Å². The van der Waals surface area contributed by atoms with Crippen LogP contribution >= 0.6 is 24.0 Å². The molecule has 2 N–H and O–H groups in total. The Kier molecular flexibility index (Phi) is 11.8. The van der Waals surface area contributed by atoms with Crippen molar-refractivity contribution >= 4 is 29.9 Å². The minimum Gasteiger partial charge on any atom is -0.381 e. The Labute approximate surface area is 196 Å². The van der Waals surface area contributed by atoms with E-state index >= 15 is 0 Å². The number of ether oxygens (including phenoxy) is 2. The van der Waals surface area contributed by atoms with E-state index in [2.05, 4.69) is 27.6 Å². The summed E-state index contributed by atoms with van der Waals surface area (Å²) in [7, 11) is 0. The number of rotatable bonds is 10. The van der Waals surface area contributed by atoms with Crippen molar-refractivity contribution in [2.24, 2.45) is 10.9 Å². The molecule has 1 saturated heterocycles. The van der Waals surface area contributed by atoms with Gasteiger partial charge in [-0.15, -0.1) is 24.0 Å². The molecule has 7 nitrogen and oxygen atoms in total. The molecule has 0 bridgehead atoms. The van der Waals surface area contributed by atoms with Crippen LogP contribution in [-0.2, 0) is 16.0 Å². The number of aliphatic imine (C=N–C) groups is 1. The van der Waals surface area contributed by atoms with E-state index in [1.807, 2.05) is 47.4 Å². The number of para-hydroxylation sites is 1. The molecule has 30 heavy (non-hydrogen) atoms. The summed E-state index contributed by atoms with van der Waals surface area (Å²) in [6.07, 6.45) is 7.09. The first-order chi connectivity index (χ1) is 14.3. The van der Waals surface area contributed by atoms with Crippen molar-refractivity contribution in [3.05, 3.63) is 48.3 Å². The first-order valence-corrected chi connectivity index (χ1v) is 10.6. The van der Waals surface area contributed by atoms with Crippen molar-refractivity contribution < 1.29 is 9.47 Å². The fourth-order valence-corrected chi connectivity index (χ4v) is 3.22. The molecule has 2 aromatic rings. The summed E-state index contributed by atoms with van der Waals surface area (Å²) in [5.41, 5.74) is 2.12. The third-order valence-corrected chi connectivity index (χ3v) is 4.87. The second-order valence-electron chi connectivity index (χ2n) is 7.23. The number of aromatic nitrogens is 2. The van der Waals surface area contributed by atoms with Gasteiger partial charge in [0, 0.05) is 51.3 Å². The zero-order valence-corrected chi connectivity index (χ0v) is 20.1. The summed E-state index contributed by atoms with van der Waals surface area (Å²) in [5, 5.41) is 11.1. The molecule has 0 atom stereocenters. The highest BCUT2D eigenvalue weighted by atomic mass is 127. The van der Waals surface area contributed by atoms with Crippen molar-refractivity contribution in [3.63, 3.8) is 0 Å². The van der Waals surface area contributed by atoms with Crippen LogP contribution in [0.1, 0.15) is 31.7 Å². The molecule has 1 fully saturated rings. The van der Waals surface area contributed by atoms with Gasteiger partial charge in [-0.2, -0.15) is 5.10 Å². The zero-order valence-electron chi connectivity index (χ0n) is 17.8. The Morgan fingerprint density at radius 1 is 1.23 bits per heavy atom. The fraction of sp³-hybridized carbons (Fsp3) is 0.545. The average molecular weight is 527 g/mol. The van der Waals surface area contributed by atoms with Crippen LogP contribution in [0.3, 0.4) is 0 Å². The van der Waals surface area contributed by atoms with E-state index in [1.54, 1.807) is 0 Å². The monoisotopic (exact) mass is 527 g/mol. The Morgan fingerprint density at radius 2 is 2.03 bits per heavy atom. The topological polar surface area (TPSA) is 72.7 Å². The predicted octanol–water partition coefficient (Wildman–Crippen LogP) is 3.38. The van der Waals surface area contributed by atoms with E-state index in [9.17, 15) is 0 Å². The van der Waals surface area contributed by atoms with E-state index in [0.29, 0.717) is 12.5 Å². The quantitative estimate of drug-likeness (QED) is 0.215. The number of hydrogen-bond acceptors (Lipinski definition) is 4. The lowest BCUT2D eigenvalue weighted by Crippen LogP contribution is -2.38. The Balaban J connectivity index is 0.00000320. The highest BCUT2D eigenvalue weighted by Gasteiger charge is 2.13. The van der Waals surface area contributed by atoms with Crippen LogP contribution in [0.5, 0.6) is 0 Å². The lowest BCUT2D eigenvalue weighted by atomic mass is 10.0. The molecule has 0 unspecified atom stereocenters. The minimum absolute atomic E-state index is 0. The minimum atomic E-state index is 0. The summed E-state index contributed by atoms with van der Waals surface area (Å²) in [6.45, 7) is 7.70. The molecular formula is C22H34IN5O2. The van der Waals surface area contributed by atoms with Crippen LogP contribution in [0.4, 0.5) is 0 Å². The van der Waals surface area contributed by atoms with Gasteiger partial charge in [-0.25, -0.2) is 9.67 Å². The summed E-state index contributed by atoms with van der Waals surface area (Å²) in [4.78, 5) is 4.67. The number of nitrogens with one attached hydrogen (secondary N) is 2. The standard InChI is InChI=1S/C22H33N5O2.HI/c1-2-23-22(24-11-6-12-29-18-19-9-13-28-14-10-19)25-15-20-16-26-27(17-20)21-7-4-3-5-8-21;/h3-5,7-8,16-17,19H,2,6,9-15,18H2,1H3,(H2,23,24,25);1H. The van der Waals surface area contributed by atoms with Crippen molar-refractivity contribution in [2.45, 2.75) is 32.7 Å². The van der Waals surface area contributed by atoms with E-state index in [0.717, 1.165) is 76.0 Å². The Bertz CT molecular complexity index is 732. The second kappa shape index (κ2) is 14.4. The van der Waals surface area contributed by atoms with Gasteiger partial charge in [0.25, 0.3) is 0 Å². The number of nitrogens with zero attached hydrogens (tertiary/aromatic N) is 3. The summed E-state index contributed by atoms with van der Waals surface area (Å²) < 4.78 is 13.1. The normalized spacial score (nSPS) is 14.9. The van der Waals surface area contributed by atoms with Gasteiger partial charge in [0.1, 0.15) is 0 Å². The van der Waals surface area contributed by atoms with Crippen LogP contribution in [0.2, 0.25) is 0 Å². The first kappa shape index (κ1) is 24.6. The van der Waals surface area contributed by atoms with Gasteiger partial charge in [-0.1, -0.05) is 18.2 Å². The molecule has 166 valence electrons. The second-order valence-corrected chi connectivity index (χ2v) is 7.23. The highest BCUT2D eigenvalue weighted by molar-refractivity contribution is 14.0. The molecule has 1 aromatic heterocycles. The number of benzene rings is 1. The summed E-state index contributed by atoms with van der Waals surface area (Å²) in [6, 6.07) is 10.1. The molecule has 0 saturated carbocycles. The van der Waals surface area contributed by atoms with Gasteiger partial charge in [0.15, 0.2) is 5.96 Å². The molecule has 1 aliphatic heterocycles. The number of guanidine groups is 1. The third kappa shape index (κ3) is 8.61. The van der Waals surface area contributed by atoms with Crippen LogP contribution in [0.15, 0.2) is 47.7 Å². The molecule has 8 heteroatoms. The molecule has 2 heterocycles. The van der Waals surface area contributed by atoms with Crippen molar-refractivity contribution in [2.75, 3.05) is 39.5 Å². The Hall–Kier alpha value is -1.65. The fourth-order valence-electron chi connectivity index (χ4n) is 3.22. The van der Waals surface area contributed by atoms with Crippen molar-refractivity contribution in [1.82, 2.24) is 20.4 Å². The van der Waals surface area contributed by atoms with Gasteiger partial charge < -0.3 is 20.1 Å². The number of halogens is 1. The number of hydrogen-bond donors (Lipinski definition) is 2. The highest BCUT2D eigenvalue weighted by Crippen LogP contribution is 2.14. The van der Waals surface area contributed by atoms with Crippen LogP contribution in [0, 0.1) is 5.92 Å². The van der Waals surface area contributed by atoms with Gasteiger partial charge in [-0.05, 0) is 44.2 Å². The molecule has 3 rings (SSSR count). The molecular weight excluding hydrogens is 493 g/mol. The van der Waals surface area contributed by atoms with Gasteiger partial charge in [0.05, 0.1) is 18.4 Å². The van der Waals surface area contributed by atoms with E-state index in [4.69, 9.17) is 9.47 Å². The maximum atomic E-state index is 5.82. The maximum absolute atomic E-state index is 5.82. The van der Waals surface area contributed by atoms with Gasteiger partial charge in [-0.3, -0.25) is 0 Å². The molecule has 1 aliphatic rings. The first-order valence-electron chi connectivity index (χ1n) is 10.6. The largest absolute Gasteiger partial charge is 0.381 e. The zero-order chi connectivity index (χ0) is 20.2. The maximum Gasteiger partial charge on any atom is 0.191 e. The lowest BCUT2D eigenvalue weighted by Gasteiger charge is -2.21. The van der Waals surface area contributed by atoms with Crippen LogP contribution in [-0.4, -0.2) is 55.3 Å². The van der Waals surface area contributed by atoms with Crippen LogP contribution < -0.4 is 10.6 Å². The summed E-state index contributed by atoms with van der Waals surface area (Å²) >= 11 is 0. The third-order valence-electron chi connectivity index (χ3n) is 4.87. The SMILES string of the molecule is CCNC(=NCc1cnn(-c2ccccc2)c1)NCCCOCC1CCOCC1.I. The molecule has 0 aliphatic carbocycles. The molecule has 0 spiro atoms.